The zero-order chi connectivity index (χ0) is 9.65. The minimum absolute atomic E-state index is 0. The van der Waals surface area contributed by atoms with Crippen molar-refractivity contribution in [2.75, 3.05) is 0 Å². The van der Waals surface area contributed by atoms with E-state index in [1.807, 2.05) is 0 Å². The van der Waals surface area contributed by atoms with E-state index in [-0.39, 0.29) is 29.6 Å². The van der Waals surface area contributed by atoms with Gasteiger partial charge in [-0.15, -0.1) is 0 Å². The molecule has 0 aliphatic heterocycles. The molecule has 0 heterocycles. The average Bonchev–Trinajstić information content (AvgIpc) is 1.59. The number of carboxylic acid groups (broad SMARTS) is 1. The van der Waals surface area contributed by atoms with Gasteiger partial charge in [0.1, 0.15) is 5.97 Å². The van der Waals surface area contributed by atoms with Gasteiger partial charge in [-0.3, -0.25) is 4.79 Å². The number of carbonyl (C=O) groups excluding carboxylic acids is 2. The van der Waals surface area contributed by atoms with E-state index in [4.69, 9.17) is 19.2 Å². The molecule has 0 aromatic carbocycles. The minimum Gasteiger partial charge on any atom is -0.542 e. The van der Waals surface area contributed by atoms with Crippen LogP contribution in [-0.2, 0) is 14.2 Å². The molecule has 0 aromatic rings. The Labute approximate surface area is 89.9 Å². The largest absolute Gasteiger partial charge is 1.00 e. The van der Waals surface area contributed by atoms with Crippen LogP contribution in [0.5, 0.6) is 0 Å². The summed E-state index contributed by atoms with van der Waals surface area (Å²) < 4.78 is 8.88. The summed E-state index contributed by atoms with van der Waals surface area (Å²) in [6, 6.07) is 0. The fourth-order valence-corrected chi connectivity index (χ4v) is 0. The Balaban J connectivity index is -0.000000126. The van der Waals surface area contributed by atoms with Crippen LogP contribution in [0.15, 0.2) is 0 Å². The first-order valence-corrected chi connectivity index (χ1v) is 3.71. The third-order valence-electron chi connectivity index (χ3n) is 0.287. The van der Waals surface area contributed by atoms with E-state index >= 15 is 0 Å². The fourth-order valence-electron chi connectivity index (χ4n) is 0. The summed E-state index contributed by atoms with van der Waals surface area (Å²) in [6.45, 7) is 0.940. The van der Waals surface area contributed by atoms with Crippen LogP contribution in [0.4, 0.5) is 0 Å². The summed E-state index contributed by atoms with van der Waals surface area (Å²) in [7, 11) is -4.64. The molecule has 0 unspecified atom stereocenters. The minimum atomic E-state index is -4.64. The maximum atomic E-state index is 9.48. The van der Waals surface area contributed by atoms with Gasteiger partial charge in [0.2, 0.25) is 0 Å². The van der Waals surface area contributed by atoms with Gasteiger partial charge >= 0.3 is 37.4 Å². The monoisotopic (exact) mass is 208 g/mol. The normalized spacial score (nSPS) is 8.67. The molecule has 0 rings (SSSR count). The molecule has 0 spiro atoms. The molecule has 0 saturated carbocycles. The zero-order valence-electron chi connectivity index (χ0n) is 6.42. The van der Waals surface area contributed by atoms with Gasteiger partial charge in [0.05, 0.1) is 0 Å². The number of carbonyl (C=O) groups is 2. The van der Waals surface area contributed by atoms with E-state index in [2.05, 4.69) is 0 Å². The molecule has 7 nitrogen and oxygen atoms in total. The van der Waals surface area contributed by atoms with Crippen LogP contribution in [0.3, 0.4) is 0 Å². The molecular weight excluding hydrogens is 202 g/mol. The Morgan fingerprint density at radius 1 is 1.25 bits per heavy atom. The van der Waals surface area contributed by atoms with E-state index in [9.17, 15) is 14.7 Å². The number of Topliss-reactive ketones (excluding diaryl/α,β-unsaturated/α-hetero) is 1. The van der Waals surface area contributed by atoms with Crippen molar-refractivity contribution < 1.29 is 63.5 Å². The Morgan fingerprint density at radius 2 is 1.33 bits per heavy atom. The van der Waals surface area contributed by atoms with Crippen LogP contribution < -0.4 is 34.7 Å². The zero-order valence-corrected chi connectivity index (χ0v) is 9.32. The van der Waals surface area contributed by atoms with Crippen LogP contribution in [0.1, 0.15) is 6.92 Å². The molecule has 66 valence electrons. The molecule has 0 saturated heterocycles. The number of hydrogen-bond acceptors (Lipinski definition) is 4. The molecule has 0 aliphatic rings. The summed E-state index contributed by atoms with van der Waals surface area (Å²) >= 11 is 0. The van der Waals surface area contributed by atoms with E-state index in [0.717, 1.165) is 6.92 Å². The van der Waals surface area contributed by atoms with Gasteiger partial charge in [-0.05, 0) is 0 Å². The SMILES string of the molecule is CC(=O)C(=O)[O-].O=P(O)(O)O.[Na+]. The quantitative estimate of drug-likeness (QED) is 0.222. The van der Waals surface area contributed by atoms with Crippen molar-refractivity contribution in [3.05, 3.63) is 0 Å². The summed E-state index contributed by atoms with van der Waals surface area (Å²) in [6.07, 6.45) is 0. The number of rotatable bonds is 1. The smallest absolute Gasteiger partial charge is 0.542 e. The molecule has 12 heavy (non-hydrogen) atoms. The molecule has 0 atom stereocenters. The van der Waals surface area contributed by atoms with Crippen molar-refractivity contribution in [1.29, 1.82) is 0 Å². The maximum absolute atomic E-state index is 9.48. The standard InChI is InChI=1S/C3H4O3.Na.H3O4P/c1-2(4)3(5)6;;1-5(2,3)4/h1H3,(H,5,6);;(H3,1,2,3,4)/q;+1;/p-1. The van der Waals surface area contributed by atoms with Gasteiger partial charge in [-0.25, -0.2) is 4.57 Å². The predicted octanol–water partition coefficient (Wildman–Crippen LogP) is -5.60. The van der Waals surface area contributed by atoms with Crippen LogP contribution >= 0.6 is 7.82 Å². The maximum Gasteiger partial charge on any atom is 1.00 e. The predicted molar refractivity (Wildman–Crippen MR) is 30.0 cm³/mol. The van der Waals surface area contributed by atoms with Crippen molar-refractivity contribution in [2.24, 2.45) is 0 Å². The van der Waals surface area contributed by atoms with E-state index in [1.54, 1.807) is 0 Å². The van der Waals surface area contributed by atoms with Crippen molar-refractivity contribution in [3.8, 4) is 0 Å². The molecule has 9 heteroatoms. The van der Waals surface area contributed by atoms with E-state index in [1.165, 1.54) is 0 Å². The third kappa shape index (κ3) is 48.6. The summed E-state index contributed by atoms with van der Waals surface area (Å²) in [5.74, 6) is -2.56. The number of aliphatic carboxylic acids is 1. The van der Waals surface area contributed by atoms with Crippen molar-refractivity contribution in [2.45, 2.75) is 6.92 Å². The molecule has 0 aromatic heterocycles. The number of ketones is 1. The fraction of sp³-hybridized carbons (Fsp3) is 0.333. The second-order valence-electron chi connectivity index (χ2n) is 1.36. The van der Waals surface area contributed by atoms with Gasteiger partial charge < -0.3 is 24.6 Å². The first-order valence-electron chi connectivity index (χ1n) is 2.14. The van der Waals surface area contributed by atoms with Gasteiger partial charge in [0, 0.05) is 6.92 Å². The van der Waals surface area contributed by atoms with Gasteiger partial charge in [-0.2, -0.15) is 0 Å². The molecule has 0 amide bonds. The third-order valence-corrected chi connectivity index (χ3v) is 0.287. The van der Waals surface area contributed by atoms with Gasteiger partial charge in [0.15, 0.2) is 5.78 Å². The summed E-state index contributed by atoms with van der Waals surface area (Å²) in [5, 5.41) is 9.24. The Morgan fingerprint density at radius 3 is 1.33 bits per heavy atom. The second kappa shape index (κ2) is 7.88. The molecule has 0 fully saturated rings. The van der Waals surface area contributed by atoms with Crippen molar-refractivity contribution in [3.63, 3.8) is 0 Å². The summed E-state index contributed by atoms with van der Waals surface area (Å²) in [5.41, 5.74) is 0. The summed E-state index contributed by atoms with van der Waals surface area (Å²) in [4.78, 5) is 40.3. The molecule has 0 radical (unpaired) electrons. The number of hydrogen-bond donors (Lipinski definition) is 3. The first-order chi connectivity index (χ1) is 4.64. The first kappa shape index (κ1) is 18.1. The van der Waals surface area contributed by atoms with Crippen molar-refractivity contribution >= 4 is 19.6 Å². The second-order valence-corrected chi connectivity index (χ2v) is 2.38. The Bertz CT molecular complexity index is 175. The van der Waals surface area contributed by atoms with Crippen molar-refractivity contribution in [1.82, 2.24) is 0 Å². The van der Waals surface area contributed by atoms with Gasteiger partial charge in [0.25, 0.3) is 0 Å². The molecule has 0 aliphatic carbocycles. The Hall–Kier alpha value is 0.250. The van der Waals surface area contributed by atoms with Crippen LogP contribution in [-0.4, -0.2) is 26.4 Å². The molecule has 3 N–H and O–H groups in total. The Kier molecular flexibility index (Phi) is 11.9. The van der Waals surface area contributed by atoms with Crippen LogP contribution in [0, 0.1) is 0 Å². The average molecular weight is 208 g/mol. The van der Waals surface area contributed by atoms with Gasteiger partial charge in [-0.1, -0.05) is 0 Å². The number of carboxylic acids is 1. The van der Waals surface area contributed by atoms with E-state index in [0.29, 0.717) is 0 Å². The molecular formula is C3H6NaO7P. The number of phosphoric acid groups is 1. The van der Waals surface area contributed by atoms with E-state index < -0.39 is 19.6 Å². The molecule has 0 bridgehead atoms. The topological polar surface area (TPSA) is 135 Å². The van der Waals surface area contributed by atoms with Crippen LogP contribution in [0.25, 0.3) is 0 Å². The van der Waals surface area contributed by atoms with Crippen LogP contribution in [0.2, 0.25) is 0 Å².